The number of likely N-dealkylation sites (tertiary alicyclic amines) is 1. The fraction of sp³-hybridized carbons (Fsp3) is 0.348. The third-order valence-electron chi connectivity index (χ3n) is 5.53. The monoisotopic (exact) mass is 441 g/mol. The third kappa shape index (κ3) is 4.37. The van der Waals surface area contributed by atoms with Crippen LogP contribution in [0.15, 0.2) is 40.9 Å². The molecular formula is C23H24FN3O5. The Bertz CT molecular complexity index is 1120. The molecule has 0 radical (unpaired) electrons. The van der Waals surface area contributed by atoms with Crippen LogP contribution in [0.25, 0.3) is 11.4 Å². The van der Waals surface area contributed by atoms with Gasteiger partial charge in [0.05, 0.1) is 27.2 Å². The first-order valence-corrected chi connectivity index (χ1v) is 10.2. The molecule has 2 heterocycles. The van der Waals surface area contributed by atoms with Crippen molar-refractivity contribution in [1.82, 2.24) is 15.0 Å². The quantitative estimate of drug-likeness (QED) is 0.529. The van der Waals surface area contributed by atoms with Gasteiger partial charge in [-0.2, -0.15) is 4.98 Å². The lowest BCUT2D eigenvalue weighted by molar-refractivity contribution is -0.127. The highest BCUT2D eigenvalue weighted by atomic mass is 19.1. The lowest BCUT2D eigenvalue weighted by Gasteiger charge is -2.16. The molecule has 9 heteroatoms. The van der Waals surface area contributed by atoms with E-state index in [2.05, 4.69) is 10.1 Å². The Morgan fingerprint density at radius 1 is 1.06 bits per heavy atom. The first kappa shape index (κ1) is 21.6. The number of carbonyl (C=O) groups is 1. The Labute approximate surface area is 184 Å². The number of hydrogen-bond donors (Lipinski definition) is 0. The van der Waals surface area contributed by atoms with Gasteiger partial charge in [-0.15, -0.1) is 0 Å². The van der Waals surface area contributed by atoms with Crippen LogP contribution in [0, 0.1) is 5.82 Å². The van der Waals surface area contributed by atoms with Crippen molar-refractivity contribution in [3.63, 3.8) is 0 Å². The number of halogens is 1. The molecule has 32 heavy (non-hydrogen) atoms. The Morgan fingerprint density at radius 3 is 2.53 bits per heavy atom. The van der Waals surface area contributed by atoms with E-state index in [1.54, 1.807) is 25.2 Å². The van der Waals surface area contributed by atoms with E-state index in [-0.39, 0.29) is 23.4 Å². The van der Waals surface area contributed by atoms with Crippen molar-refractivity contribution in [3.05, 3.63) is 53.7 Å². The summed E-state index contributed by atoms with van der Waals surface area (Å²) in [7, 11) is 4.59. The number of nitrogens with zero attached hydrogens (tertiary/aromatic N) is 3. The fourth-order valence-corrected chi connectivity index (χ4v) is 3.78. The second kappa shape index (κ2) is 9.25. The van der Waals surface area contributed by atoms with Crippen molar-refractivity contribution in [3.8, 4) is 28.6 Å². The summed E-state index contributed by atoms with van der Waals surface area (Å²) >= 11 is 0. The maximum Gasteiger partial charge on any atom is 0.232 e. The number of benzene rings is 2. The summed E-state index contributed by atoms with van der Waals surface area (Å²) in [6.07, 6.45) is 0.976. The molecule has 1 amide bonds. The number of methoxy groups -OCH3 is 3. The van der Waals surface area contributed by atoms with Crippen molar-refractivity contribution in [1.29, 1.82) is 0 Å². The Hall–Kier alpha value is -3.62. The SMILES string of the molecule is COc1ccc(-c2noc(C3CC(=O)N(CCc4ccc(OC)c(OC)c4)C3)n2)cc1F. The number of hydrogen-bond acceptors (Lipinski definition) is 7. The van der Waals surface area contributed by atoms with Gasteiger partial charge < -0.3 is 23.6 Å². The van der Waals surface area contributed by atoms with E-state index in [9.17, 15) is 9.18 Å². The summed E-state index contributed by atoms with van der Waals surface area (Å²) in [5.41, 5.74) is 1.52. The van der Waals surface area contributed by atoms with Gasteiger partial charge in [0, 0.05) is 25.1 Å². The normalized spacial score (nSPS) is 15.8. The lowest BCUT2D eigenvalue weighted by Crippen LogP contribution is -2.27. The standard InChI is InChI=1S/C23H24FN3O5/c1-29-18-7-5-15(11-17(18)24)22-25-23(32-26-22)16-12-21(28)27(13-16)9-8-14-4-6-19(30-2)20(10-14)31-3/h4-7,10-11,16H,8-9,12-13H2,1-3H3. The molecule has 1 atom stereocenters. The average molecular weight is 441 g/mol. The number of carbonyl (C=O) groups excluding carboxylic acids is 1. The maximum absolute atomic E-state index is 14.0. The molecule has 1 saturated heterocycles. The highest BCUT2D eigenvalue weighted by molar-refractivity contribution is 5.79. The van der Waals surface area contributed by atoms with Gasteiger partial charge in [0.15, 0.2) is 23.1 Å². The number of ether oxygens (including phenoxy) is 3. The molecule has 8 nitrogen and oxygen atoms in total. The molecule has 0 spiro atoms. The van der Waals surface area contributed by atoms with Crippen molar-refractivity contribution < 1.29 is 27.9 Å². The van der Waals surface area contributed by atoms with Crippen molar-refractivity contribution in [2.24, 2.45) is 0 Å². The van der Waals surface area contributed by atoms with Gasteiger partial charge in [-0.25, -0.2) is 4.39 Å². The fourth-order valence-electron chi connectivity index (χ4n) is 3.78. The van der Waals surface area contributed by atoms with E-state index in [0.717, 1.165) is 5.56 Å². The summed E-state index contributed by atoms with van der Waals surface area (Å²) < 4.78 is 34.9. The molecule has 1 aliphatic heterocycles. The molecule has 2 aromatic carbocycles. The van der Waals surface area contributed by atoms with Crippen LogP contribution in [0.3, 0.4) is 0 Å². The molecule has 0 bridgehead atoms. The van der Waals surface area contributed by atoms with Crippen LogP contribution in [-0.2, 0) is 11.2 Å². The van der Waals surface area contributed by atoms with Gasteiger partial charge in [-0.1, -0.05) is 11.2 Å². The van der Waals surface area contributed by atoms with Crippen LogP contribution < -0.4 is 14.2 Å². The Balaban J connectivity index is 1.40. The zero-order valence-corrected chi connectivity index (χ0v) is 18.1. The highest BCUT2D eigenvalue weighted by Gasteiger charge is 2.34. The highest BCUT2D eigenvalue weighted by Crippen LogP contribution is 2.31. The molecule has 1 fully saturated rings. The van der Waals surface area contributed by atoms with E-state index < -0.39 is 5.82 Å². The minimum Gasteiger partial charge on any atom is -0.494 e. The summed E-state index contributed by atoms with van der Waals surface area (Å²) in [5.74, 6) is 1.44. The van der Waals surface area contributed by atoms with Crippen LogP contribution in [0.5, 0.6) is 17.2 Å². The predicted octanol–water partition coefficient (Wildman–Crippen LogP) is 3.46. The maximum atomic E-state index is 14.0. The molecular weight excluding hydrogens is 417 g/mol. The molecule has 1 aliphatic rings. The first-order chi connectivity index (χ1) is 15.5. The molecule has 4 rings (SSSR count). The van der Waals surface area contributed by atoms with E-state index in [4.69, 9.17) is 18.7 Å². The molecule has 168 valence electrons. The minimum atomic E-state index is -0.506. The second-order valence-electron chi connectivity index (χ2n) is 7.49. The lowest BCUT2D eigenvalue weighted by atomic mass is 10.1. The van der Waals surface area contributed by atoms with Crippen molar-refractivity contribution >= 4 is 5.91 Å². The Morgan fingerprint density at radius 2 is 1.81 bits per heavy atom. The van der Waals surface area contributed by atoms with Gasteiger partial charge in [-0.05, 0) is 42.3 Å². The van der Waals surface area contributed by atoms with Gasteiger partial charge >= 0.3 is 0 Å². The van der Waals surface area contributed by atoms with Crippen LogP contribution in [-0.4, -0.2) is 55.4 Å². The number of aromatic nitrogens is 2. The molecule has 0 saturated carbocycles. The largest absolute Gasteiger partial charge is 0.494 e. The predicted molar refractivity (Wildman–Crippen MR) is 113 cm³/mol. The third-order valence-corrected chi connectivity index (χ3v) is 5.53. The van der Waals surface area contributed by atoms with Crippen molar-refractivity contribution in [2.45, 2.75) is 18.8 Å². The van der Waals surface area contributed by atoms with E-state index in [1.165, 1.54) is 19.2 Å². The molecule has 0 aliphatic carbocycles. The summed E-state index contributed by atoms with van der Waals surface area (Å²) in [6.45, 7) is 1.06. The van der Waals surface area contributed by atoms with Gasteiger partial charge in [-0.3, -0.25) is 4.79 Å². The zero-order chi connectivity index (χ0) is 22.7. The molecule has 1 unspecified atom stereocenters. The van der Waals surface area contributed by atoms with Gasteiger partial charge in [0.1, 0.15) is 0 Å². The van der Waals surface area contributed by atoms with E-state index in [0.29, 0.717) is 48.9 Å². The van der Waals surface area contributed by atoms with Crippen LogP contribution in [0.1, 0.15) is 23.8 Å². The minimum absolute atomic E-state index is 0.0331. The molecule has 0 N–H and O–H groups in total. The van der Waals surface area contributed by atoms with Crippen molar-refractivity contribution in [2.75, 3.05) is 34.4 Å². The zero-order valence-electron chi connectivity index (χ0n) is 18.1. The Kier molecular flexibility index (Phi) is 6.25. The topological polar surface area (TPSA) is 86.9 Å². The van der Waals surface area contributed by atoms with Crippen LogP contribution >= 0.6 is 0 Å². The van der Waals surface area contributed by atoms with E-state index in [1.807, 2.05) is 18.2 Å². The first-order valence-electron chi connectivity index (χ1n) is 10.2. The summed E-state index contributed by atoms with van der Waals surface area (Å²) in [4.78, 5) is 18.7. The summed E-state index contributed by atoms with van der Waals surface area (Å²) in [6, 6.07) is 10.2. The van der Waals surface area contributed by atoms with Crippen LogP contribution in [0.4, 0.5) is 4.39 Å². The molecule has 1 aromatic heterocycles. The summed E-state index contributed by atoms with van der Waals surface area (Å²) in [5, 5.41) is 3.96. The smallest absolute Gasteiger partial charge is 0.232 e. The van der Waals surface area contributed by atoms with Gasteiger partial charge in [0.2, 0.25) is 17.6 Å². The average Bonchev–Trinajstić information content (AvgIpc) is 3.44. The van der Waals surface area contributed by atoms with Crippen LogP contribution in [0.2, 0.25) is 0 Å². The molecule has 3 aromatic rings. The number of rotatable bonds is 8. The number of amides is 1. The second-order valence-corrected chi connectivity index (χ2v) is 7.49. The van der Waals surface area contributed by atoms with E-state index >= 15 is 0 Å². The van der Waals surface area contributed by atoms with Gasteiger partial charge in [0.25, 0.3) is 0 Å².